The molecular weight excluding hydrogens is 418 g/mol. The Morgan fingerprint density at radius 2 is 1.94 bits per heavy atom. The highest BCUT2D eigenvalue weighted by molar-refractivity contribution is 6.31. The van der Waals surface area contributed by atoms with Gasteiger partial charge in [-0.2, -0.15) is 0 Å². The summed E-state index contributed by atoms with van der Waals surface area (Å²) < 4.78 is 5.46. The van der Waals surface area contributed by atoms with E-state index < -0.39 is 11.6 Å². The van der Waals surface area contributed by atoms with Gasteiger partial charge in [-0.1, -0.05) is 29.8 Å². The number of nitrogens with one attached hydrogen (secondary N) is 1. The molecule has 3 aromatic rings. The minimum absolute atomic E-state index is 0.0485. The minimum atomic E-state index is -1.52. The molecule has 2 aromatic carbocycles. The third-order valence-corrected chi connectivity index (χ3v) is 5.95. The summed E-state index contributed by atoms with van der Waals surface area (Å²) in [5, 5.41) is 3.32. The Balaban J connectivity index is 1.65. The molecule has 0 aliphatic carbocycles. The van der Waals surface area contributed by atoms with E-state index in [2.05, 4.69) is 5.32 Å². The largest absolute Gasteiger partial charge is 0.467 e. The molecule has 1 N–H and O–H groups in total. The smallest absolute Gasteiger partial charge is 0.271 e. The molecule has 2 aliphatic heterocycles. The van der Waals surface area contributed by atoms with Crippen LogP contribution in [0.25, 0.3) is 0 Å². The van der Waals surface area contributed by atoms with Gasteiger partial charge < -0.3 is 9.73 Å². The van der Waals surface area contributed by atoms with Crippen LogP contribution in [0.4, 0.5) is 11.4 Å². The average molecular weight is 436 g/mol. The highest BCUT2D eigenvalue weighted by atomic mass is 35.5. The summed E-state index contributed by atoms with van der Waals surface area (Å²) in [4.78, 5) is 43.2. The lowest BCUT2D eigenvalue weighted by molar-refractivity contribution is -0.129. The fraction of sp³-hybridized carbons (Fsp3) is 0.174. The van der Waals surface area contributed by atoms with E-state index in [1.54, 1.807) is 60.7 Å². The fourth-order valence-electron chi connectivity index (χ4n) is 4.36. The van der Waals surface area contributed by atoms with E-state index in [-0.39, 0.29) is 31.2 Å². The van der Waals surface area contributed by atoms with Gasteiger partial charge in [0.25, 0.3) is 11.8 Å². The van der Waals surface area contributed by atoms with Gasteiger partial charge in [0, 0.05) is 23.6 Å². The van der Waals surface area contributed by atoms with E-state index in [0.29, 0.717) is 27.7 Å². The van der Waals surface area contributed by atoms with Crippen LogP contribution in [0, 0.1) is 0 Å². The SMILES string of the molecule is O=C1c2ccccc2N2C(=O)CCC2(C(=O)Nc2cccc(Cl)c2)N1Cc1ccco1. The van der Waals surface area contributed by atoms with Crippen molar-refractivity contribution in [1.29, 1.82) is 0 Å². The van der Waals surface area contributed by atoms with Crippen LogP contribution in [0.1, 0.15) is 29.0 Å². The molecule has 1 saturated heterocycles. The standard InChI is InChI=1S/C23H18ClN3O4/c24-15-5-3-6-16(13-15)25-22(30)23-11-10-20(28)27(23)19-9-2-1-8-18(19)21(29)26(23)14-17-7-4-12-31-17/h1-9,12-13H,10-11,14H2,(H,25,30). The first kappa shape index (κ1) is 19.4. The van der Waals surface area contributed by atoms with Gasteiger partial charge in [-0.25, -0.2) is 0 Å². The molecule has 2 aliphatic rings. The molecule has 1 aromatic heterocycles. The van der Waals surface area contributed by atoms with E-state index in [0.717, 1.165) is 0 Å². The summed E-state index contributed by atoms with van der Waals surface area (Å²) in [5.41, 5.74) is -0.227. The first-order chi connectivity index (χ1) is 15.0. The van der Waals surface area contributed by atoms with Crippen molar-refractivity contribution >= 4 is 40.7 Å². The maximum atomic E-state index is 13.7. The second-order valence-corrected chi connectivity index (χ2v) is 7.93. The fourth-order valence-corrected chi connectivity index (χ4v) is 4.55. The van der Waals surface area contributed by atoms with E-state index in [1.165, 1.54) is 16.1 Å². The third-order valence-electron chi connectivity index (χ3n) is 5.71. The normalized spacial score (nSPS) is 19.9. The monoisotopic (exact) mass is 435 g/mol. The van der Waals surface area contributed by atoms with E-state index in [9.17, 15) is 14.4 Å². The highest BCUT2D eigenvalue weighted by Crippen LogP contribution is 2.45. The maximum absolute atomic E-state index is 13.7. The molecule has 156 valence electrons. The number of amides is 3. The summed E-state index contributed by atoms with van der Waals surface area (Å²) in [6, 6.07) is 17.0. The number of carbonyl (C=O) groups excluding carboxylic acids is 3. The molecular formula is C23H18ClN3O4. The van der Waals surface area contributed by atoms with Gasteiger partial charge in [0.1, 0.15) is 5.76 Å². The van der Waals surface area contributed by atoms with Gasteiger partial charge in [0.2, 0.25) is 11.6 Å². The predicted molar refractivity (Wildman–Crippen MR) is 115 cm³/mol. The van der Waals surface area contributed by atoms with Crippen molar-refractivity contribution in [3.05, 3.63) is 83.3 Å². The molecule has 1 unspecified atom stereocenters. The second-order valence-electron chi connectivity index (χ2n) is 7.50. The number of carbonyl (C=O) groups is 3. The Morgan fingerprint density at radius 1 is 1.10 bits per heavy atom. The second kappa shape index (κ2) is 7.28. The molecule has 0 saturated carbocycles. The van der Waals surface area contributed by atoms with Crippen LogP contribution in [0.2, 0.25) is 5.02 Å². The number of benzene rings is 2. The first-order valence-corrected chi connectivity index (χ1v) is 10.2. The Labute approximate surface area is 183 Å². The summed E-state index contributed by atoms with van der Waals surface area (Å²) in [6.45, 7) is 0.0485. The number of rotatable bonds is 4. The number of furan rings is 1. The van der Waals surface area contributed by atoms with Crippen molar-refractivity contribution in [3.63, 3.8) is 0 Å². The molecule has 5 rings (SSSR count). The maximum Gasteiger partial charge on any atom is 0.271 e. The van der Waals surface area contributed by atoms with Gasteiger partial charge >= 0.3 is 0 Å². The number of para-hydroxylation sites is 1. The number of nitrogens with zero attached hydrogens (tertiary/aromatic N) is 2. The predicted octanol–water partition coefficient (Wildman–Crippen LogP) is 4.05. The Morgan fingerprint density at radius 3 is 2.71 bits per heavy atom. The molecule has 7 nitrogen and oxygen atoms in total. The van der Waals surface area contributed by atoms with Crippen LogP contribution >= 0.6 is 11.6 Å². The Kier molecular flexibility index (Phi) is 4.55. The van der Waals surface area contributed by atoms with Crippen LogP contribution in [0.5, 0.6) is 0 Å². The van der Waals surface area contributed by atoms with Crippen LogP contribution < -0.4 is 10.2 Å². The van der Waals surface area contributed by atoms with Crippen LogP contribution in [0.3, 0.4) is 0 Å². The average Bonchev–Trinajstić information content (AvgIpc) is 3.39. The molecule has 8 heteroatoms. The highest BCUT2D eigenvalue weighted by Gasteiger charge is 2.61. The van der Waals surface area contributed by atoms with Crippen LogP contribution in [0.15, 0.2) is 71.3 Å². The Hall–Kier alpha value is -3.58. The van der Waals surface area contributed by atoms with Crippen LogP contribution in [-0.2, 0) is 16.1 Å². The summed E-state index contributed by atoms with van der Waals surface area (Å²) in [6.07, 6.45) is 1.81. The number of halogens is 1. The lowest BCUT2D eigenvalue weighted by atomic mass is 9.95. The van der Waals surface area contributed by atoms with Gasteiger partial charge in [0.05, 0.1) is 24.1 Å². The van der Waals surface area contributed by atoms with Crippen molar-refractivity contribution in [2.24, 2.45) is 0 Å². The van der Waals surface area contributed by atoms with Crippen molar-refractivity contribution in [3.8, 4) is 0 Å². The molecule has 0 radical (unpaired) electrons. The van der Waals surface area contributed by atoms with E-state index >= 15 is 0 Å². The summed E-state index contributed by atoms with van der Waals surface area (Å²) in [5.74, 6) is -0.512. The molecule has 0 bridgehead atoms. The molecule has 1 atom stereocenters. The quantitative estimate of drug-likeness (QED) is 0.670. The van der Waals surface area contributed by atoms with Crippen molar-refractivity contribution in [1.82, 2.24) is 4.90 Å². The molecule has 3 amide bonds. The molecule has 1 fully saturated rings. The van der Waals surface area contributed by atoms with Gasteiger partial charge in [-0.05, 0) is 42.5 Å². The molecule has 0 spiro atoms. The van der Waals surface area contributed by atoms with Crippen molar-refractivity contribution in [2.75, 3.05) is 10.2 Å². The number of anilines is 2. The van der Waals surface area contributed by atoms with Gasteiger partial charge in [0.15, 0.2) is 0 Å². The zero-order valence-electron chi connectivity index (χ0n) is 16.4. The van der Waals surface area contributed by atoms with Crippen molar-refractivity contribution in [2.45, 2.75) is 25.0 Å². The number of fused-ring (bicyclic) bond motifs is 3. The molecule has 3 heterocycles. The number of hydrogen-bond donors (Lipinski definition) is 1. The Bertz CT molecular complexity index is 1190. The lowest BCUT2D eigenvalue weighted by Gasteiger charge is -2.48. The zero-order chi connectivity index (χ0) is 21.6. The third kappa shape index (κ3) is 3.00. The lowest BCUT2D eigenvalue weighted by Crippen LogP contribution is -2.69. The van der Waals surface area contributed by atoms with E-state index in [1.807, 2.05) is 0 Å². The van der Waals surface area contributed by atoms with Crippen molar-refractivity contribution < 1.29 is 18.8 Å². The van der Waals surface area contributed by atoms with Gasteiger partial charge in [-0.3, -0.25) is 24.2 Å². The summed E-state index contributed by atoms with van der Waals surface area (Å²) in [7, 11) is 0. The first-order valence-electron chi connectivity index (χ1n) is 9.84. The molecule has 31 heavy (non-hydrogen) atoms. The van der Waals surface area contributed by atoms with Gasteiger partial charge in [-0.15, -0.1) is 0 Å². The van der Waals surface area contributed by atoms with Crippen LogP contribution in [-0.4, -0.2) is 28.3 Å². The topological polar surface area (TPSA) is 82.9 Å². The van der Waals surface area contributed by atoms with E-state index in [4.69, 9.17) is 16.0 Å². The minimum Gasteiger partial charge on any atom is -0.467 e. The number of hydrogen-bond acceptors (Lipinski definition) is 4. The zero-order valence-corrected chi connectivity index (χ0v) is 17.1. The summed E-state index contributed by atoms with van der Waals surface area (Å²) >= 11 is 6.07.